The van der Waals surface area contributed by atoms with Crippen LogP contribution in [0.3, 0.4) is 0 Å². The molecule has 2 unspecified atom stereocenters. The lowest BCUT2D eigenvalue weighted by atomic mass is 9.81. The van der Waals surface area contributed by atoms with Crippen LogP contribution in [0.2, 0.25) is 0 Å². The normalized spacial score (nSPS) is 46.5. The van der Waals surface area contributed by atoms with E-state index in [1.54, 1.807) is 66.6 Å². The van der Waals surface area contributed by atoms with Gasteiger partial charge in [0.25, 0.3) is 0 Å². The van der Waals surface area contributed by atoms with E-state index in [-0.39, 0.29) is 25.2 Å². The van der Waals surface area contributed by atoms with Crippen molar-refractivity contribution < 1.29 is 82.5 Å². The number of carbonyl (C=O) groups excluding carboxylic acids is 3. The lowest BCUT2D eigenvalue weighted by Crippen LogP contribution is -2.65. The number of nitrogens with zero attached hydrogens (tertiary/aromatic N) is 1. The number of allylic oxidation sites excluding steroid dienone is 3. The number of likely N-dealkylation sites (N-methyl/N-ethyl adjacent to an activating group) is 1. The smallest absolute Gasteiger partial charge is 0.308 e. The molecular weight excluding hydrogens is 826 g/mol. The number of aliphatic hydroxyl groups is 5. The van der Waals surface area contributed by atoms with E-state index in [0.717, 1.165) is 0 Å². The number of ether oxygens (including phenoxy) is 9. The molecule has 0 saturated carbocycles. The summed E-state index contributed by atoms with van der Waals surface area (Å²) in [5, 5.41) is 55.5. The Hall–Kier alpha value is -2.27. The molecule has 18 nitrogen and oxygen atoms in total. The quantitative estimate of drug-likeness (QED) is 0.138. The molecule has 3 fully saturated rings. The van der Waals surface area contributed by atoms with Gasteiger partial charge in [-0.2, -0.15) is 0 Å². The van der Waals surface area contributed by atoms with Crippen LogP contribution in [0.1, 0.15) is 81.1 Å². The maximum Gasteiger partial charge on any atom is 0.308 e. The third-order valence-corrected chi connectivity index (χ3v) is 13.1. The van der Waals surface area contributed by atoms with Gasteiger partial charge in [-0.05, 0) is 67.6 Å². The van der Waals surface area contributed by atoms with Crippen molar-refractivity contribution in [3.63, 3.8) is 0 Å². The second kappa shape index (κ2) is 23.5. The minimum Gasteiger partial charge on any atom is -0.462 e. The van der Waals surface area contributed by atoms with E-state index in [9.17, 15) is 39.9 Å². The molecule has 0 aromatic rings. The summed E-state index contributed by atoms with van der Waals surface area (Å²) in [6.45, 7) is 13.5. The number of ketones is 1. The van der Waals surface area contributed by atoms with Gasteiger partial charge in [0.15, 0.2) is 24.7 Å². The Morgan fingerprint density at radius 3 is 2.10 bits per heavy atom. The van der Waals surface area contributed by atoms with Crippen LogP contribution < -0.4 is 0 Å². The van der Waals surface area contributed by atoms with E-state index in [0.29, 0.717) is 18.3 Å². The van der Waals surface area contributed by atoms with Crippen LogP contribution in [0.15, 0.2) is 23.8 Å². The van der Waals surface area contributed by atoms with Gasteiger partial charge in [-0.15, -0.1) is 0 Å². The average Bonchev–Trinajstić information content (AvgIpc) is 3.22. The molecule has 0 radical (unpaired) electrons. The summed E-state index contributed by atoms with van der Waals surface area (Å²) in [5.41, 5.74) is -0.826. The molecule has 3 saturated heterocycles. The molecule has 0 aliphatic carbocycles. The highest BCUT2D eigenvalue weighted by Crippen LogP contribution is 2.37. The van der Waals surface area contributed by atoms with Crippen molar-refractivity contribution in [3.8, 4) is 0 Å². The molecule has 4 rings (SSSR count). The number of methoxy groups -OCH3 is 2. The largest absolute Gasteiger partial charge is 0.462 e. The first kappa shape index (κ1) is 53.3. The second-order valence-corrected chi connectivity index (χ2v) is 18.4. The Bertz CT molecular complexity index is 1540. The fourth-order valence-electron chi connectivity index (χ4n) is 9.19. The summed E-state index contributed by atoms with van der Waals surface area (Å²) < 4.78 is 54.4. The molecule has 21 atom stereocenters. The van der Waals surface area contributed by atoms with Gasteiger partial charge in [-0.3, -0.25) is 9.59 Å². The van der Waals surface area contributed by atoms with Crippen molar-refractivity contribution in [1.29, 1.82) is 0 Å². The first-order chi connectivity index (χ1) is 29.6. The first-order valence-electron chi connectivity index (χ1n) is 22.2. The van der Waals surface area contributed by atoms with Gasteiger partial charge in [0.05, 0.1) is 55.2 Å². The van der Waals surface area contributed by atoms with Crippen molar-refractivity contribution >= 4 is 18.0 Å². The van der Waals surface area contributed by atoms with E-state index < -0.39 is 140 Å². The van der Waals surface area contributed by atoms with Crippen molar-refractivity contribution in [2.24, 2.45) is 23.7 Å². The molecule has 63 heavy (non-hydrogen) atoms. The monoisotopic (exact) mass is 902 g/mol. The summed E-state index contributed by atoms with van der Waals surface area (Å²) in [6, 6.07) is -0.767. The number of aliphatic hydroxyl groups excluding tert-OH is 4. The van der Waals surface area contributed by atoms with Gasteiger partial charge in [0.1, 0.15) is 49.0 Å². The van der Waals surface area contributed by atoms with Crippen LogP contribution in [0, 0.1) is 23.7 Å². The number of hydrogen-bond donors (Lipinski definition) is 5. The van der Waals surface area contributed by atoms with Gasteiger partial charge in [-0.25, -0.2) is 0 Å². The zero-order valence-corrected chi connectivity index (χ0v) is 39.0. The average molecular weight is 902 g/mol. The highest BCUT2D eigenvalue weighted by molar-refractivity contribution is 5.92. The second-order valence-electron chi connectivity index (χ2n) is 18.4. The Labute approximate surface area is 372 Å². The maximum atomic E-state index is 13.7. The van der Waals surface area contributed by atoms with Crippen molar-refractivity contribution in [1.82, 2.24) is 4.90 Å². The van der Waals surface area contributed by atoms with Crippen LogP contribution in [0.5, 0.6) is 0 Å². The molecule has 0 spiro atoms. The molecule has 4 aliphatic heterocycles. The SMILES string of the molecule is CCC1OC(=O)CC(O)[C@@H](C)[C@@H](O[C@@H]2O[C@H](C)[C@@H](O[C@H]3C[C@@](C)(O)[C@@H](O)[C@H](C)O3)[C@H](N(C)C)[C@H]2O)[C@@H](C=O)C[C@@H](C)C(=O)/C=C/C(C)=C/[C@@H]1CO[C@H]1O[C@@H](C)[C@H](O)[C@H](OC)[C@@H]1OC. The lowest BCUT2D eigenvalue weighted by molar-refractivity contribution is -0.341. The van der Waals surface area contributed by atoms with E-state index in [1.165, 1.54) is 27.2 Å². The number of rotatable bonds is 12. The number of cyclic esters (lactones) is 1. The Balaban J connectivity index is 1.60. The summed E-state index contributed by atoms with van der Waals surface area (Å²) in [7, 11) is 6.40. The Morgan fingerprint density at radius 1 is 0.857 bits per heavy atom. The Morgan fingerprint density at radius 2 is 1.51 bits per heavy atom. The van der Waals surface area contributed by atoms with Gasteiger partial charge >= 0.3 is 5.97 Å². The van der Waals surface area contributed by atoms with E-state index in [1.807, 2.05) is 13.0 Å². The zero-order chi connectivity index (χ0) is 47.1. The predicted molar refractivity (Wildman–Crippen MR) is 226 cm³/mol. The van der Waals surface area contributed by atoms with Crippen molar-refractivity contribution in [2.45, 2.75) is 185 Å². The molecule has 0 aromatic heterocycles. The van der Waals surface area contributed by atoms with E-state index in [4.69, 9.17) is 42.6 Å². The highest BCUT2D eigenvalue weighted by Gasteiger charge is 2.52. The number of esters is 1. The third-order valence-electron chi connectivity index (χ3n) is 13.1. The number of hydrogen-bond acceptors (Lipinski definition) is 18. The summed E-state index contributed by atoms with van der Waals surface area (Å²) in [5.74, 6) is -4.14. The Kier molecular flexibility index (Phi) is 19.9. The molecule has 4 heterocycles. The summed E-state index contributed by atoms with van der Waals surface area (Å²) >= 11 is 0. The van der Waals surface area contributed by atoms with Crippen LogP contribution >= 0.6 is 0 Å². The first-order valence-corrected chi connectivity index (χ1v) is 22.2. The van der Waals surface area contributed by atoms with Crippen LogP contribution in [-0.4, -0.2) is 187 Å². The molecule has 362 valence electrons. The highest BCUT2D eigenvalue weighted by atomic mass is 16.7. The molecule has 5 N–H and O–H groups in total. The molecular formula is C45H75NO17. The van der Waals surface area contributed by atoms with Crippen LogP contribution in [-0.2, 0) is 57.0 Å². The van der Waals surface area contributed by atoms with Gasteiger partial charge < -0.3 is 77.9 Å². The van der Waals surface area contributed by atoms with Crippen molar-refractivity contribution in [2.75, 3.05) is 34.9 Å². The predicted octanol–water partition coefficient (Wildman–Crippen LogP) is 1.44. The molecule has 0 amide bonds. The number of aldehydes is 1. The minimum atomic E-state index is -1.49. The zero-order valence-electron chi connectivity index (χ0n) is 39.0. The summed E-state index contributed by atoms with van der Waals surface area (Å²) in [6.07, 6.45) is -9.08. The van der Waals surface area contributed by atoms with Crippen LogP contribution in [0.25, 0.3) is 0 Å². The van der Waals surface area contributed by atoms with E-state index >= 15 is 0 Å². The third kappa shape index (κ3) is 13.2. The van der Waals surface area contributed by atoms with Crippen LogP contribution in [0.4, 0.5) is 0 Å². The molecule has 18 heteroatoms. The van der Waals surface area contributed by atoms with Gasteiger partial charge in [-0.1, -0.05) is 38.5 Å². The molecule has 0 bridgehead atoms. The minimum absolute atomic E-state index is 0.0117. The fourth-order valence-corrected chi connectivity index (χ4v) is 9.19. The fraction of sp³-hybridized carbons (Fsp3) is 0.844. The van der Waals surface area contributed by atoms with Crippen molar-refractivity contribution in [3.05, 3.63) is 23.8 Å². The van der Waals surface area contributed by atoms with E-state index in [2.05, 4.69) is 0 Å². The standard InChI is InChI=1S/C45H75NO17/c1-13-32-29(21-57-44-41(56-12)40(55-11)36(51)25(5)59-44)16-22(2)14-15-30(48)23(3)17-28(20-47)38(24(4)31(49)18-33(50)61-32)63-43-37(52)35(46(9)10)39(26(6)60-43)62-34-19-45(8,54)42(53)27(7)58-34/h14-16,20,23-29,31-32,34-44,49,51-54H,13,17-19,21H2,1-12H3/b15-14+,22-16+/t23-,24-,25+,26-,27+,28-,29-,31?,32?,34+,35-,36+,37-,38-,39-,40+,41+,42+,43+,44+,45-/m1/s1. The van der Waals surface area contributed by atoms with Gasteiger partial charge in [0, 0.05) is 44.3 Å². The maximum absolute atomic E-state index is 13.7. The molecule has 4 aliphatic rings. The molecule has 0 aromatic carbocycles. The van der Waals surface area contributed by atoms with Gasteiger partial charge in [0.2, 0.25) is 0 Å². The number of carbonyl (C=O) groups is 3. The summed E-state index contributed by atoms with van der Waals surface area (Å²) in [4.78, 5) is 42.0. The lowest BCUT2D eigenvalue weighted by Gasteiger charge is -2.50. The topological polar surface area (TPSA) is 239 Å².